The van der Waals surface area contributed by atoms with Crippen molar-refractivity contribution in [2.45, 2.75) is 103 Å². The van der Waals surface area contributed by atoms with Crippen molar-refractivity contribution in [2.75, 3.05) is 0 Å². The minimum absolute atomic E-state index is 0.0455. The number of halogens is 1. The number of hydrogen-bond acceptors (Lipinski definition) is 0. The summed E-state index contributed by atoms with van der Waals surface area (Å²) in [6.45, 7) is 6.98. The highest BCUT2D eigenvalue weighted by molar-refractivity contribution is 6.24. The van der Waals surface area contributed by atoms with Crippen LogP contribution in [0.5, 0.6) is 0 Å². The molecule has 1 saturated carbocycles. The lowest BCUT2D eigenvalue weighted by atomic mass is 9.73. The average molecular weight is 287 g/mol. The van der Waals surface area contributed by atoms with Crippen LogP contribution in [0.15, 0.2) is 0 Å². The van der Waals surface area contributed by atoms with Gasteiger partial charge in [-0.1, -0.05) is 71.6 Å². The van der Waals surface area contributed by atoms with Crippen molar-refractivity contribution in [1.82, 2.24) is 0 Å². The maximum atomic E-state index is 6.93. The molecule has 19 heavy (non-hydrogen) atoms. The lowest BCUT2D eigenvalue weighted by Crippen LogP contribution is -2.36. The highest BCUT2D eigenvalue weighted by Crippen LogP contribution is 2.43. The van der Waals surface area contributed by atoms with E-state index in [9.17, 15) is 0 Å². The van der Waals surface area contributed by atoms with Crippen LogP contribution in [0.25, 0.3) is 0 Å². The van der Waals surface area contributed by atoms with Gasteiger partial charge in [-0.05, 0) is 38.0 Å². The molecule has 0 spiro atoms. The molecule has 1 rings (SSSR count). The minimum atomic E-state index is 0.0455. The zero-order chi connectivity index (χ0) is 14.1. The summed E-state index contributed by atoms with van der Waals surface area (Å²) in [5, 5.41) is 0. The summed E-state index contributed by atoms with van der Waals surface area (Å²) in [4.78, 5) is 0.0455. The second kappa shape index (κ2) is 9.27. The summed E-state index contributed by atoms with van der Waals surface area (Å²) < 4.78 is 0. The summed E-state index contributed by atoms with van der Waals surface area (Å²) in [5.74, 6) is 1.43. The SMILES string of the molecule is CCCCCCCCC(C)C(C)(Cl)C1CCCCC1. The van der Waals surface area contributed by atoms with Crippen LogP contribution in [0, 0.1) is 11.8 Å². The zero-order valence-electron chi connectivity index (χ0n) is 13.5. The minimum Gasteiger partial charge on any atom is -0.119 e. The predicted molar refractivity (Wildman–Crippen MR) is 88.0 cm³/mol. The second-order valence-corrected chi connectivity index (χ2v) is 7.76. The van der Waals surface area contributed by atoms with Crippen molar-refractivity contribution in [1.29, 1.82) is 0 Å². The van der Waals surface area contributed by atoms with Gasteiger partial charge in [-0.3, -0.25) is 0 Å². The van der Waals surface area contributed by atoms with Crippen LogP contribution < -0.4 is 0 Å². The van der Waals surface area contributed by atoms with Gasteiger partial charge in [0.25, 0.3) is 0 Å². The lowest BCUT2D eigenvalue weighted by Gasteiger charge is -2.39. The number of alkyl halides is 1. The molecule has 0 aromatic rings. The summed E-state index contributed by atoms with van der Waals surface area (Å²) >= 11 is 6.93. The summed E-state index contributed by atoms with van der Waals surface area (Å²) in [6.07, 6.45) is 16.6. The molecule has 0 radical (unpaired) electrons. The fourth-order valence-electron chi connectivity index (χ4n) is 3.58. The van der Waals surface area contributed by atoms with E-state index in [2.05, 4.69) is 20.8 Å². The van der Waals surface area contributed by atoms with Gasteiger partial charge in [-0.2, -0.15) is 0 Å². The average Bonchev–Trinajstić information content (AvgIpc) is 2.43. The third kappa shape index (κ3) is 6.06. The maximum Gasteiger partial charge on any atom is 0.0472 e. The van der Waals surface area contributed by atoms with Crippen molar-refractivity contribution in [3.8, 4) is 0 Å². The van der Waals surface area contributed by atoms with E-state index < -0.39 is 0 Å². The fraction of sp³-hybridized carbons (Fsp3) is 1.00. The molecule has 114 valence electrons. The predicted octanol–water partition coefficient (Wildman–Crippen LogP) is 6.95. The van der Waals surface area contributed by atoms with Gasteiger partial charge in [-0.25, -0.2) is 0 Å². The Morgan fingerprint density at radius 2 is 1.58 bits per heavy atom. The first kappa shape index (κ1) is 17.3. The van der Waals surface area contributed by atoms with E-state index in [4.69, 9.17) is 11.6 Å². The molecule has 0 aliphatic heterocycles. The van der Waals surface area contributed by atoms with Gasteiger partial charge in [0, 0.05) is 4.87 Å². The van der Waals surface area contributed by atoms with Crippen LogP contribution >= 0.6 is 11.6 Å². The Labute approximate surface area is 126 Å². The molecule has 0 saturated heterocycles. The third-order valence-electron chi connectivity index (χ3n) is 5.36. The number of unbranched alkanes of at least 4 members (excludes halogenated alkanes) is 5. The molecular weight excluding hydrogens is 252 g/mol. The van der Waals surface area contributed by atoms with Gasteiger partial charge in [-0.15, -0.1) is 11.6 Å². The number of hydrogen-bond donors (Lipinski definition) is 0. The smallest absolute Gasteiger partial charge is 0.0472 e. The van der Waals surface area contributed by atoms with Crippen molar-refractivity contribution >= 4 is 11.6 Å². The topological polar surface area (TPSA) is 0 Å². The second-order valence-electron chi connectivity index (χ2n) is 6.94. The maximum absolute atomic E-state index is 6.93. The standard InChI is InChI=1S/C18H35Cl/c1-4-5-6-7-8-10-13-16(2)18(3,19)17-14-11-9-12-15-17/h16-17H,4-15H2,1-3H3. The zero-order valence-corrected chi connectivity index (χ0v) is 14.3. The number of rotatable bonds is 9. The van der Waals surface area contributed by atoms with E-state index >= 15 is 0 Å². The molecule has 0 aromatic carbocycles. The molecule has 1 aliphatic carbocycles. The highest BCUT2D eigenvalue weighted by Gasteiger charge is 2.37. The van der Waals surface area contributed by atoms with Crippen molar-refractivity contribution < 1.29 is 0 Å². The van der Waals surface area contributed by atoms with E-state index in [1.807, 2.05) is 0 Å². The molecule has 0 aromatic heterocycles. The molecule has 1 fully saturated rings. The monoisotopic (exact) mass is 286 g/mol. The van der Waals surface area contributed by atoms with Crippen molar-refractivity contribution in [2.24, 2.45) is 11.8 Å². The normalized spacial score (nSPS) is 22.1. The summed E-state index contributed by atoms with van der Waals surface area (Å²) in [6, 6.07) is 0. The molecular formula is C18H35Cl. The molecule has 0 heterocycles. The van der Waals surface area contributed by atoms with E-state index in [1.165, 1.54) is 77.0 Å². The van der Waals surface area contributed by atoms with Crippen LogP contribution in [0.1, 0.15) is 97.8 Å². The molecule has 1 heteroatoms. The molecule has 0 nitrogen and oxygen atoms in total. The van der Waals surface area contributed by atoms with Crippen LogP contribution in [-0.2, 0) is 0 Å². The van der Waals surface area contributed by atoms with E-state index in [0.717, 1.165) is 5.92 Å². The van der Waals surface area contributed by atoms with Crippen molar-refractivity contribution in [3.05, 3.63) is 0 Å². The first-order valence-electron chi connectivity index (χ1n) is 8.78. The van der Waals surface area contributed by atoms with Crippen LogP contribution in [0.2, 0.25) is 0 Å². The molecule has 2 atom stereocenters. The Morgan fingerprint density at radius 3 is 2.21 bits per heavy atom. The summed E-state index contributed by atoms with van der Waals surface area (Å²) in [5.41, 5.74) is 0. The molecule has 0 bridgehead atoms. The van der Waals surface area contributed by atoms with E-state index in [1.54, 1.807) is 0 Å². The van der Waals surface area contributed by atoms with Gasteiger partial charge in [0.1, 0.15) is 0 Å². The van der Waals surface area contributed by atoms with Crippen LogP contribution in [-0.4, -0.2) is 4.87 Å². The van der Waals surface area contributed by atoms with E-state index in [-0.39, 0.29) is 4.87 Å². The van der Waals surface area contributed by atoms with Crippen LogP contribution in [0.4, 0.5) is 0 Å². The fourth-order valence-corrected chi connectivity index (χ4v) is 3.91. The summed E-state index contributed by atoms with van der Waals surface area (Å²) in [7, 11) is 0. The van der Waals surface area contributed by atoms with E-state index in [0.29, 0.717) is 5.92 Å². The molecule has 2 unspecified atom stereocenters. The Hall–Kier alpha value is 0.290. The van der Waals surface area contributed by atoms with Gasteiger partial charge in [0.15, 0.2) is 0 Å². The van der Waals surface area contributed by atoms with Gasteiger partial charge in [0.05, 0.1) is 0 Å². The first-order valence-corrected chi connectivity index (χ1v) is 9.15. The first-order chi connectivity index (χ1) is 9.09. The van der Waals surface area contributed by atoms with Crippen LogP contribution in [0.3, 0.4) is 0 Å². The quantitative estimate of drug-likeness (QED) is 0.318. The Balaban J connectivity index is 2.20. The molecule has 1 aliphatic rings. The van der Waals surface area contributed by atoms with Crippen molar-refractivity contribution in [3.63, 3.8) is 0 Å². The highest BCUT2D eigenvalue weighted by atomic mass is 35.5. The third-order valence-corrected chi connectivity index (χ3v) is 6.04. The molecule has 0 amide bonds. The largest absolute Gasteiger partial charge is 0.119 e. The van der Waals surface area contributed by atoms with Gasteiger partial charge >= 0.3 is 0 Å². The Kier molecular flexibility index (Phi) is 8.46. The molecule has 0 N–H and O–H groups in total. The lowest BCUT2D eigenvalue weighted by molar-refractivity contribution is 0.219. The van der Waals surface area contributed by atoms with Gasteiger partial charge < -0.3 is 0 Å². The Morgan fingerprint density at radius 1 is 1.00 bits per heavy atom. The van der Waals surface area contributed by atoms with Gasteiger partial charge in [0.2, 0.25) is 0 Å². The Bertz CT molecular complexity index is 216.